The van der Waals surface area contributed by atoms with E-state index in [1.165, 1.54) is 48.7 Å². The number of hydrogen-bond donors (Lipinski definition) is 1. The topological polar surface area (TPSA) is 140 Å². The Kier molecular flexibility index (Phi) is 6.41. The molecule has 0 radical (unpaired) electrons. The lowest BCUT2D eigenvalue weighted by Gasteiger charge is -2.23. The van der Waals surface area contributed by atoms with Gasteiger partial charge >= 0.3 is 0 Å². The number of non-ortho nitro benzene ring substituents is 1. The standard InChI is InChI=1S/C22H18N4O7S/c27-22(24-23-13-16-9-10-20-21(11-16)33-15-32-20)14-25(17-5-4-6-18(12-17)26(28)29)34(30,31)19-7-2-1-3-8-19/h1-13H,14-15H2,(H,24,27)/b23-13+. The average molecular weight is 482 g/mol. The highest BCUT2D eigenvalue weighted by Crippen LogP contribution is 2.32. The largest absolute Gasteiger partial charge is 0.454 e. The van der Waals surface area contributed by atoms with E-state index in [-0.39, 0.29) is 23.1 Å². The fourth-order valence-corrected chi connectivity index (χ4v) is 4.57. The average Bonchev–Trinajstić information content (AvgIpc) is 3.31. The molecular formula is C22H18N4O7S. The van der Waals surface area contributed by atoms with E-state index in [4.69, 9.17) is 9.47 Å². The molecule has 0 saturated heterocycles. The van der Waals surface area contributed by atoms with Gasteiger partial charge in [0.15, 0.2) is 11.5 Å². The van der Waals surface area contributed by atoms with Crippen molar-refractivity contribution in [3.8, 4) is 11.5 Å². The maximum Gasteiger partial charge on any atom is 0.271 e. The highest BCUT2D eigenvalue weighted by atomic mass is 32.2. The van der Waals surface area contributed by atoms with Gasteiger partial charge in [-0.2, -0.15) is 5.10 Å². The third-order valence-electron chi connectivity index (χ3n) is 4.75. The van der Waals surface area contributed by atoms with Crippen molar-refractivity contribution >= 4 is 33.5 Å². The summed E-state index contributed by atoms with van der Waals surface area (Å²) in [7, 11) is -4.21. The van der Waals surface area contributed by atoms with Gasteiger partial charge in [0.05, 0.1) is 21.7 Å². The number of sulfonamides is 1. The molecule has 0 unspecified atom stereocenters. The first-order valence-electron chi connectivity index (χ1n) is 9.88. The minimum Gasteiger partial charge on any atom is -0.454 e. The normalized spacial score (nSPS) is 12.5. The number of amides is 1. The number of anilines is 1. The lowest BCUT2D eigenvalue weighted by molar-refractivity contribution is -0.384. The van der Waals surface area contributed by atoms with Gasteiger partial charge in [-0.25, -0.2) is 13.8 Å². The predicted molar refractivity (Wildman–Crippen MR) is 122 cm³/mol. The molecule has 12 heteroatoms. The van der Waals surface area contributed by atoms with Crippen LogP contribution in [0.1, 0.15) is 5.56 Å². The number of nitrogens with one attached hydrogen (secondary N) is 1. The number of nitro benzene ring substituents is 1. The SMILES string of the molecule is O=C(CN(c1cccc([N+](=O)[O-])c1)S(=O)(=O)c1ccccc1)N/N=C/c1ccc2c(c1)OCO2. The second-order valence-electron chi connectivity index (χ2n) is 7.01. The van der Waals surface area contributed by atoms with Crippen LogP contribution in [0.25, 0.3) is 0 Å². The molecule has 1 aliphatic rings. The van der Waals surface area contributed by atoms with E-state index in [0.717, 1.165) is 10.4 Å². The number of hydrogen-bond acceptors (Lipinski definition) is 8. The molecule has 0 bridgehead atoms. The molecule has 0 aromatic heterocycles. The summed E-state index contributed by atoms with van der Waals surface area (Å²) in [6.45, 7) is -0.535. The third-order valence-corrected chi connectivity index (χ3v) is 6.53. The molecule has 34 heavy (non-hydrogen) atoms. The Morgan fingerprint density at radius 3 is 2.59 bits per heavy atom. The van der Waals surface area contributed by atoms with Gasteiger partial charge in [0.25, 0.3) is 21.6 Å². The molecule has 1 N–H and O–H groups in total. The zero-order valence-electron chi connectivity index (χ0n) is 17.5. The highest BCUT2D eigenvalue weighted by Gasteiger charge is 2.28. The van der Waals surface area contributed by atoms with Gasteiger partial charge in [-0.3, -0.25) is 19.2 Å². The molecule has 1 amide bonds. The van der Waals surface area contributed by atoms with Crippen LogP contribution in [-0.2, 0) is 14.8 Å². The number of nitrogens with zero attached hydrogens (tertiary/aromatic N) is 3. The Balaban J connectivity index is 1.56. The number of carbonyl (C=O) groups excluding carboxylic acids is 1. The number of hydrazone groups is 1. The van der Waals surface area contributed by atoms with Crippen LogP contribution in [0.3, 0.4) is 0 Å². The zero-order valence-corrected chi connectivity index (χ0v) is 18.3. The molecule has 0 spiro atoms. The Hall–Kier alpha value is -4.45. The molecule has 1 heterocycles. The first kappa shape index (κ1) is 22.7. The number of ether oxygens (including phenoxy) is 2. The van der Waals surface area contributed by atoms with Gasteiger partial charge in [0.1, 0.15) is 6.54 Å². The fraction of sp³-hybridized carbons (Fsp3) is 0.0909. The van der Waals surface area contributed by atoms with Crippen molar-refractivity contribution in [2.24, 2.45) is 5.10 Å². The highest BCUT2D eigenvalue weighted by molar-refractivity contribution is 7.92. The summed E-state index contributed by atoms with van der Waals surface area (Å²) < 4.78 is 37.8. The van der Waals surface area contributed by atoms with Gasteiger partial charge in [0, 0.05) is 12.1 Å². The van der Waals surface area contributed by atoms with E-state index < -0.39 is 27.4 Å². The van der Waals surface area contributed by atoms with Crippen LogP contribution in [-0.4, -0.2) is 38.8 Å². The maximum absolute atomic E-state index is 13.3. The smallest absolute Gasteiger partial charge is 0.271 e. The molecule has 0 aliphatic carbocycles. The number of nitro groups is 1. The Bertz CT molecular complexity index is 1360. The Morgan fingerprint density at radius 2 is 1.82 bits per heavy atom. The summed E-state index contributed by atoms with van der Waals surface area (Å²) in [6.07, 6.45) is 1.36. The molecule has 1 aliphatic heterocycles. The third kappa shape index (κ3) is 4.96. The van der Waals surface area contributed by atoms with Crippen LogP contribution in [0, 0.1) is 10.1 Å². The minimum atomic E-state index is -4.21. The summed E-state index contributed by atoms with van der Waals surface area (Å²) >= 11 is 0. The van der Waals surface area contributed by atoms with Crippen molar-refractivity contribution in [1.29, 1.82) is 0 Å². The molecule has 0 fully saturated rings. The van der Waals surface area contributed by atoms with E-state index in [9.17, 15) is 23.3 Å². The van der Waals surface area contributed by atoms with Crippen molar-refractivity contribution in [2.45, 2.75) is 4.90 Å². The monoisotopic (exact) mass is 482 g/mol. The second kappa shape index (κ2) is 9.58. The van der Waals surface area contributed by atoms with E-state index in [1.54, 1.807) is 24.3 Å². The lowest BCUT2D eigenvalue weighted by Crippen LogP contribution is -2.39. The van der Waals surface area contributed by atoms with Crippen LogP contribution in [0.2, 0.25) is 0 Å². The predicted octanol–water partition coefficient (Wildman–Crippen LogP) is 2.67. The van der Waals surface area contributed by atoms with Crippen molar-refractivity contribution in [1.82, 2.24) is 5.43 Å². The van der Waals surface area contributed by atoms with Gasteiger partial charge < -0.3 is 9.47 Å². The zero-order chi connectivity index (χ0) is 24.1. The molecular weight excluding hydrogens is 464 g/mol. The summed E-state index contributed by atoms with van der Waals surface area (Å²) in [6, 6.07) is 17.6. The maximum atomic E-state index is 13.3. The van der Waals surface area contributed by atoms with E-state index in [2.05, 4.69) is 10.5 Å². The number of fused-ring (bicyclic) bond motifs is 1. The van der Waals surface area contributed by atoms with Crippen molar-refractivity contribution in [3.05, 3.63) is 88.5 Å². The van der Waals surface area contributed by atoms with E-state index in [1.807, 2.05) is 0 Å². The second-order valence-corrected chi connectivity index (χ2v) is 8.87. The fourth-order valence-electron chi connectivity index (χ4n) is 3.13. The van der Waals surface area contributed by atoms with Gasteiger partial charge in [0.2, 0.25) is 6.79 Å². The molecule has 174 valence electrons. The summed E-state index contributed by atoms with van der Waals surface area (Å²) in [4.78, 5) is 23.1. The van der Waals surface area contributed by atoms with Crippen LogP contribution >= 0.6 is 0 Å². The molecule has 0 saturated carbocycles. The number of carbonyl (C=O) groups is 1. The van der Waals surface area contributed by atoms with Crippen molar-refractivity contribution in [2.75, 3.05) is 17.6 Å². The summed E-state index contributed by atoms with van der Waals surface area (Å²) in [5.41, 5.74) is 2.55. The molecule has 3 aromatic rings. The first-order valence-corrected chi connectivity index (χ1v) is 11.3. The molecule has 0 atom stereocenters. The molecule has 3 aromatic carbocycles. The Labute approximate surface area is 194 Å². The Morgan fingerprint density at radius 1 is 1.06 bits per heavy atom. The van der Waals surface area contributed by atoms with Crippen LogP contribution < -0.4 is 19.2 Å². The minimum absolute atomic E-state index is 0.0343. The van der Waals surface area contributed by atoms with E-state index in [0.29, 0.717) is 17.1 Å². The van der Waals surface area contributed by atoms with Gasteiger partial charge in [-0.1, -0.05) is 24.3 Å². The quantitative estimate of drug-likeness (QED) is 0.296. The van der Waals surface area contributed by atoms with Crippen molar-refractivity contribution in [3.63, 3.8) is 0 Å². The van der Waals surface area contributed by atoms with Gasteiger partial charge in [-0.05, 0) is 42.0 Å². The van der Waals surface area contributed by atoms with Crippen LogP contribution in [0.4, 0.5) is 11.4 Å². The summed E-state index contributed by atoms with van der Waals surface area (Å²) in [5, 5.41) is 15.1. The van der Waals surface area contributed by atoms with Crippen LogP contribution in [0.15, 0.2) is 82.8 Å². The number of benzene rings is 3. The number of rotatable bonds is 8. The molecule has 11 nitrogen and oxygen atoms in total. The summed E-state index contributed by atoms with van der Waals surface area (Å²) in [5.74, 6) is 0.393. The first-order chi connectivity index (χ1) is 16.3. The van der Waals surface area contributed by atoms with Crippen molar-refractivity contribution < 1.29 is 27.6 Å². The van der Waals surface area contributed by atoms with Crippen LogP contribution in [0.5, 0.6) is 11.5 Å². The lowest BCUT2D eigenvalue weighted by atomic mass is 10.2. The molecule has 4 rings (SSSR count). The van der Waals surface area contributed by atoms with Gasteiger partial charge in [-0.15, -0.1) is 0 Å². The van der Waals surface area contributed by atoms with E-state index >= 15 is 0 Å².